The highest BCUT2D eigenvalue weighted by atomic mass is 16.5. The lowest BCUT2D eigenvalue weighted by molar-refractivity contribution is 0.0295. The summed E-state index contributed by atoms with van der Waals surface area (Å²) in [4.78, 5) is 2.54. The SMILES string of the molecule is CCOc1ccc(CN2C(C)CC2C)cc1. The van der Waals surface area contributed by atoms with Crippen molar-refractivity contribution in [1.82, 2.24) is 4.90 Å². The van der Waals surface area contributed by atoms with Crippen LogP contribution < -0.4 is 4.74 Å². The minimum Gasteiger partial charge on any atom is -0.494 e. The van der Waals surface area contributed by atoms with Crippen molar-refractivity contribution in [1.29, 1.82) is 0 Å². The fraction of sp³-hybridized carbons (Fsp3) is 0.571. The average molecular weight is 219 g/mol. The molecule has 0 aliphatic carbocycles. The molecule has 1 fully saturated rings. The van der Waals surface area contributed by atoms with Gasteiger partial charge in [0.05, 0.1) is 6.61 Å². The number of ether oxygens (including phenoxy) is 1. The Morgan fingerprint density at radius 1 is 1.19 bits per heavy atom. The van der Waals surface area contributed by atoms with Crippen molar-refractivity contribution in [2.24, 2.45) is 0 Å². The van der Waals surface area contributed by atoms with Gasteiger partial charge in [-0.25, -0.2) is 0 Å². The van der Waals surface area contributed by atoms with E-state index in [4.69, 9.17) is 4.74 Å². The molecule has 1 aromatic rings. The largest absolute Gasteiger partial charge is 0.494 e. The minimum atomic E-state index is 0.736. The van der Waals surface area contributed by atoms with E-state index in [0.717, 1.165) is 31.0 Å². The summed E-state index contributed by atoms with van der Waals surface area (Å²) in [5, 5.41) is 0. The maximum atomic E-state index is 5.43. The Morgan fingerprint density at radius 2 is 1.81 bits per heavy atom. The van der Waals surface area contributed by atoms with Crippen LogP contribution in [0.15, 0.2) is 24.3 Å². The van der Waals surface area contributed by atoms with Crippen molar-refractivity contribution in [2.75, 3.05) is 6.61 Å². The molecule has 0 saturated carbocycles. The Kier molecular flexibility index (Phi) is 3.49. The molecular weight excluding hydrogens is 198 g/mol. The third-order valence-electron chi connectivity index (χ3n) is 3.41. The van der Waals surface area contributed by atoms with Gasteiger partial charge in [-0.15, -0.1) is 0 Å². The zero-order chi connectivity index (χ0) is 11.5. The number of nitrogens with zero attached hydrogens (tertiary/aromatic N) is 1. The summed E-state index contributed by atoms with van der Waals surface area (Å²) in [5.41, 5.74) is 1.38. The molecule has 2 nitrogen and oxygen atoms in total. The summed E-state index contributed by atoms with van der Waals surface area (Å²) in [7, 11) is 0. The van der Waals surface area contributed by atoms with Crippen molar-refractivity contribution >= 4 is 0 Å². The standard InChI is InChI=1S/C14H21NO/c1-4-16-14-7-5-13(6-8-14)10-15-11(2)9-12(15)3/h5-8,11-12H,4,9-10H2,1-3H3. The summed E-state index contributed by atoms with van der Waals surface area (Å²) < 4.78 is 5.43. The molecule has 0 aromatic heterocycles. The predicted octanol–water partition coefficient (Wildman–Crippen LogP) is 3.07. The molecule has 2 atom stereocenters. The topological polar surface area (TPSA) is 12.5 Å². The van der Waals surface area contributed by atoms with Gasteiger partial charge in [-0.3, -0.25) is 4.90 Å². The fourth-order valence-electron chi connectivity index (χ4n) is 2.44. The molecule has 0 amide bonds. The van der Waals surface area contributed by atoms with E-state index in [-0.39, 0.29) is 0 Å². The molecule has 2 heteroatoms. The van der Waals surface area contributed by atoms with Crippen molar-refractivity contribution < 1.29 is 4.74 Å². The number of rotatable bonds is 4. The highest BCUT2D eigenvalue weighted by molar-refractivity contribution is 5.27. The summed E-state index contributed by atoms with van der Waals surface area (Å²) in [6, 6.07) is 9.94. The van der Waals surface area contributed by atoms with Gasteiger partial charge >= 0.3 is 0 Å². The van der Waals surface area contributed by atoms with Gasteiger partial charge in [-0.2, -0.15) is 0 Å². The van der Waals surface area contributed by atoms with Crippen LogP contribution in [0.5, 0.6) is 5.75 Å². The van der Waals surface area contributed by atoms with Crippen LogP contribution in [0.3, 0.4) is 0 Å². The molecule has 0 spiro atoms. The molecular formula is C14H21NO. The van der Waals surface area contributed by atoms with Crippen LogP contribution in [0.25, 0.3) is 0 Å². The molecule has 16 heavy (non-hydrogen) atoms. The molecule has 1 saturated heterocycles. The zero-order valence-electron chi connectivity index (χ0n) is 10.4. The highest BCUT2D eigenvalue weighted by Gasteiger charge is 2.30. The molecule has 88 valence electrons. The average Bonchev–Trinajstić information content (AvgIpc) is 2.29. The van der Waals surface area contributed by atoms with E-state index >= 15 is 0 Å². The predicted molar refractivity (Wildman–Crippen MR) is 66.7 cm³/mol. The van der Waals surface area contributed by atoms with Crippen LogP contribution in [0.1, 0.15) is 32.8 Å². The van der Waals surface area contributed by atoms with Crippen LogP contribution in [0.4, 0.5) is 0 Å². The first kappa shape index (κ1) is 11.5. The molecule has 1 aliphatic rings. The lowest BCUT2D eigenvalue weighted by Crippen LogP contribution is -2.51. The van der Waals surface area contributed by atoms with Crippen LogP contribution in [-0.4, -0.2) is 23.6 Å². The second-order valence-electron chi connectivity index (χ2n) is 4.68. The van der Waals surface area contributed by atoms with Gasteiger partial charge in [-0.1, -0.05) is 12.1 Å². The Balaban J connectivity index is 1.94. The van der Waals surface area contributed by atoms with E-state index in [1.54, 1.807) is 0 Å². The van der Waals surface area contributed by atoms with Gasteiger partial charge in [0, 0.05) is 18.6 Å². The normalized spacial score (nSPS) is 25.2. The third-order valence-corrected chi connectivity index (χ3v) is 3.41. The lowest BCUT2D eigenvalue weighted by atomic mass is 9.95. The molecule has 0 bridgehead atoms. The maximum absolute atomic E-state index is 5.43. The van der Waals surface area contributed by atoms with Gasteiger partial charge in [0.1, 0.15) is 5.75 Å². The fourth-order valence-corrected chi connectivity index (χ4v) is 2.44. The van der Waals surface area contributed by atoms with Gasteiger partial charge in [0.2, 0.25) is 0 Å². The summed E-state index contributed by atoms with van der Waals surface area (Å²) >= 11 is 0. The first-order valence-electron chi connectivity index (χ1n) is 6.18. The smallest absolute Gasteiger partial charge is 0.119 e. The Labute approximate surface area is 98.2 Å². The van der Waals surface area contributed by atoms with E-state index in [1.165, 1.54) is 12.0 Å². The van der Waals surface area contributed by atoms with Crippen molar-refractivity contribution in [3.8, 4) is 5.75 Å². The molecule has 2 unspecified atom stereocenters. The molecule has 1 aromatic carbocycles. The van der Waals surface area contributed by atoms with E-state index in [9.17, 15) is 0 Å². The van der Waals surface area contributed by atoms with Gasteiger partial charge < -0.3 is 4.74 Å². The van der Waals surface area contributed by atoms with Crippen LogP contribution in [0, 0.1) is 0 Å². The second-order valence-corrected chi connectivity index (χ2v) is 4.68. The van der Waals surface area contributed by atoms with Gasteiger partial charge in [-0.05, 0) is 44.9 Å². The van der Waals surface area contributed by atoms with Crippen LogP contribution in [-0.2, 0) is 6.54 Å². The monoisotopic (exact) mass is 219 g/mol. The first-order valence-corrected chi connectivity index (χ1v) is 6.18. The summed E-state index contributed by atoms with van der Waals surface area (Å²) in [5.74, 6) is 0.968. The van der Waals surface area contributed by atoms with E-state index in [2.05, 4.69) is 43.0 Å². The molecule has 2 rings (SSSR count). The summed E-state index contributed by atoms with van der Waals surface area (Å²) in [6.07, 6.45) is 1.33. The maximum Gasteiger partial charge on any atom is 0.119 e. The molecule has 1 heterocycles. The highest BCUT2D eigenvalue weighted by Crippen LogP contribution is 2.27. The Morgan fingerprint density at radius 3 is 2.31 bits per heavy atom. The quantitative estimate of drug-likeness (QED) is 0.771. The van der Waals surface area contributed by atoms with Gasteiger partial charge in [0.25, 0.3) is 0 Å². The second kappa shape index (κ2) is 4.88. The lowest BCUT2D eigenvalue weighted by Gasteiger charge is -2.45. The van der Waals surface area contributed by atoms with Crippen molar-refractivity contribution in [2.45, 2.75) is 45.8 Å². The van der Waals surface area contributed by atoms with E-state index in [0.29, 0.717) is 0 Å². The molecule has 0 N–H and O–H groups in total. The number of benzene rings is 1. The van der Waals surface area contributed by atoms with Crippen molar-refractivity contribution in [3.63, 3.8) is 0 Å². The summed E-state index contributed by atoms with van der Waals surface area (Å²) in [6.45, 7) is 8.41. The number of hydrogen-bond donors (Lipinski definition) is 0. The van der Waals surface area contributed by atoms with E-state index < -0.39 is 0 Å². The first-order chi connectivity index (χ1) is 7.70. The minimum absolute atomic E-state index is 0.736. The van der Waals surface area contributed by atoms with Crippen LogP contribution >= 0.6 is 0 Å². The third kappa shape index (κ3) is 2.38. The molecule has 0 radical (unpaired) electrons. The van der Waals surface area contributed by atoms with Crippen molar-refractivity contribution in [3.05, 3.63) is 29.8 Å². The number of likely N-dealkylation sites (tertiary alicyclic amines) is 1. The molecule has 1 aliphatic heterocycles. The Bertz CT molecular complexity index is 325. The van der Waals surface area contributed by atoms with Gasteiger partial charge in [0.15, 0.2) is 0 Å². The van der Waals surface area contributed by atoms with E-state index in [1.807, 2.05) is 6.92 Å². The van der Waals surface area contributed by atoms with Crippen LogP contribution in [0.2, 0.25) is 0 Å². The zero-order valence-corrected chi connectivity index (χ0v) is 10.4. The Hall–Kier alpha value is -1.02. The number of hydrogen-bond acceptors (Lipinski definition) is 2.